The molecule has 2 atom stereocenters. The Kier molecular flexibility index (Phi) is 4.04. The van der Waals surface area contributed by atoms with Gasteiger partial charge in [0.05, 0.1) is 32.5 Å². The zero-order chi connectivity index (χ0) is 14.0. The van der Waals surface area contributed by atoms with Crippen LogP contribution in [0.3, 0.4) is 0 Å². The summed E-state index contributed by atoms with van der Waals surface area (Å²) in [5.41, 5.74) is 0.0281. The predicted octanol–water partition coefficient (Wildman–Crippen LogP) is 2.45. The first-order valence-electron chi connectivity index (χ1n) is 6.14. The minimum atomic E-state index is -0.595. The summed E-state index contributed by atoms with van der Waals surface area (Å²) in [6.45, 7) is 2.24. The van der Waals surface area contributed by atoms with Crippen molar-refractivity contribution in [2.45, 2.75) is 19.4 Å². The Morgan fingerprint density at radius 3 is 2.47 bits per heavy atom. The van der Waals surface area contributed by atoms with Crippen molar-refractivity contribution in [1.82, 2.24) is 0 Å². The molecule has 1 aromatic carbocycles. The average Bonchev–Trinajstić information content (AvgIpc) is 2.84. The minimum absolute atomic E-state index is 0.0281. The second-order valence-electron chi connectivity index (χ2n) is 4.63. The van der Waals surface area contributed by atoms with E-state index in [1.165, 1.54) is 26.4 Å². The first-order valence-corrected chi connectivity index (χ1v) is 6.14. The van der Waals surface area contributed by atoms with E-state index >= 15 is 0 Å². The van der Waals surface area contributed by atoms with Crippen LogP contribution in [0, 0.1) is 11.7 Å². The zero-order valence-electron chi connectivity index (χ0n) is 11.2. The number of hydrogen-bond acceptors (Lipinski definition) is 4. The van der Waals surface area contributed by atoms with Crippen molar-refractivity contribution in [1.29, 1.82) is 0 Å². The Hall–Kier alpha value is -1.62. The smallest absolute Gasteiger partial charge is 0.171 e. The summed E-state index contributed by atoms with van der Waals surface area (Å²) in [7, 11) is 2.87. The Labute approximate surface area is 111 Å². The van der Waals surface area contributed by atoms with Gasteiger partial charge in [-0.05, 0) is 19.4 Å². The summed E-state index contributed by atoms with van der Waals surface area (Å²) in [5, 5.41) is 0. The van der Waals surface area contributed by atoms with Gasteiger partial charge in [-0.25, -0.2) is 4.39 Å². The van der Waals surface area contributed by atoms with Crippen LogP contribution in [0.2, 0.25) is 0 Å². The van der Waals surface area contributed by atoms with Crippen molar-refractivity contribution in [3.05, 3.63) is 23.5 Å². The lowest BCUT2D eigenvalue weighted by atomic mass is 9.95. The van der Waals surface area contributed by atoms with Gasteiger partial charge in [0.25, 0.3) is 0 Å². The number of rotatable bonds is 4. The fourth-order valence-corrected chi connectivity index (χ4v) is 2.26. The van der Waals surface area contributed by atoms with E-state index in [9.17, 15) is 9.18 Å². The number of carbonyl (C=O) groups excluding carboxylic acids is 1. The molecule has 0 bridgehead atoms. The molecule has 1 saturated heterocycles. The van der Waals surface area contributed by atoms with E-state index in [1.54, 1.807) is 0 Å². The van der Waals surface area contributed by atoms with Crippen LogP contribution in [0.1, 0.15) is 23.7 Å². The molecule has 0 N–H and O–H groups in total. The molecule has 1 fully saturated rings. The topological polar surface area (TPSA) is 44.8 Å². The van der Waals surface area contributed by atoms with E-state index in [4.69, 9.17) is 14.2 Å². The fourth-order valence-electron chi connectivity index (χ4n) is 2.26. The van der Waals surface area contributed by atoms with Gasteiger partial charge < -0.3 is 14.2 Å². The van der Waals surface area contributed by atoms with E-state index in [1.807, 2.05) is 6.92 Å². The highest BCUT2D eigenvalue weighted by molar-refractivity contribution is 5.99. The molecule has 1 aliphatic rings. The SMILES string of the molecule is COc1cc(F)c(C(=O)C2COC(C)C2)cc1OC. The van der Waals surface area contributed by atoms with Crippen molar-refractivity contribution in [3.63, 3.8) is 0 Å². The number of ketones is 1. The van der Waals surface area contributed by atoms with Crippen LogP contribution in [0.15, 0.2) is 12.1 Å². The van der Waals surface area contributed by atoms with Crippen molar-refractivity contribution in [2.24, 2.45) is 5.92 Å². The first kappa shape index (κ1) is 13.8. The number of halogens is 1. The van der Waals surface area contributed by atoms with Gasteiger partial charge in [-0.2, -0.15) is 0 Å². The molecule has 2 unspecified atom stereocenters. The van der Waals surface area contributed by atoms with Gasteiger partial charge in [0.1, 0.15) is 5.82 Å². The largest absolute Gasteiger partial charge is 0.493 e. The molecule has 0 aliphatic carbocycles. The third-order valence-electron chi connectivity index (χ3n) is 3.31. The van der Waals surface area contributed by atoms with Crippen molar-refractivity contribution >= 4 is 5.78 Å². The van der Waals surface area contributed by atoms with Gasteiger partial charge in [-0.3, -0.25) is 4.79 Å². The highest BCUT2D eigenvalue weighted by atomic mass is 19.1. The highest BCUT2D eigenvalue weighted by Crippen LogP contribution is 2.32. The molecule has 19 heavy (non-hydrogen) atoms. The number of benzene rings is 1. The van der Waals surface area contributed by atoms with E-state index in [0.29, 0.717) is 18.8 Å². The molecule has 0 aromatic heterocycles. The molecule has 2 rings (SSSR count). The summed E-state index contributed by atoms with van der Waals surface area (Å²) < 4.78 is 29.4. The van der Waals surface area contributed by atoms with Crippen LogP contribution in [0.25, 0.3) is 0 Å². The normalized spacial score (nSPS) is 22.3. The molecule has 5 heteroatoms. The molecule has 0 amide bonds. The highest BCUT2D eigenvalue weighted by Gasteiger charge is 2.31. The van der Waals surface area contributed by atoms with E-state index in [-0.39, 0.29) is 29.1 Å². The van der Waals surface area contributed by atoms with Crippen LogP contribution in [0.4, 0.5) is 4.39 Å². The molecule has 1 aromatic rings. The van der Waals surface area contributed by atoms with Crippen LogP contribution in [-0.2, 0) is 4.74 Å². The summed E-state index contributed by atoms with van der Waals surface area (Å²) in [5.74, 6) is -0.514. The number of hydrogen-bond donors (Lipinski definition) is 0. The maximum absolute atomic E-state index is 14.0. The summed E-state index contributed by atoms with van der Waals surface area (Å²) in [6.07, 6.45) is 0.657. The lowest BCUT2D eigenvalue weighted by Gasteiger charge is -2.12. The average molecular weight is 268 g/mol. The molecule has 1 aliphatic heterocycles. The third kappa shape index (κ3) is 2.71. The van der Waals surface area contributed by atoms with Crippen LogP contribution >= 0.6 is 0 Å². The van der Waals surface area contributed by atoms with Crippen molar-refractivity contribution < 1.29 is 23.4 Å². The fraction of sp³-hybridized carbons (Fsp3) is 0.500. The Balaban J connectivity index is 2.31. The molecule has 0 radical (unpaired) electrons. The summed E-state index contributed by atoms with van der Waals surface area (Å²) >= 11 is 0. The number of methoxy groups -OCH3 is 2. The predicted molar refractivity (Wildman–Crippen MR) is 67.4 cm³/mol. The summed E-state index contributed by atoms with van der Waals surface area (Å²) in [4.78, 5) is 12.3. The number of ether oxygens (including phenoxy) is 3. The summed E-state index contributed by atoms with van der Waals surface area (Å²) in [6, 6.07) is 2.56. The quantitative estimate of drug-likeness (QED) is 0.787. The molecule has 104 valence electrons. The lowest BCUT2D eigenvalue weighted by molar-refractivity contribution is 0.0873. The third-order valence-corrected chi connectivity index (χ3v) is 3.31. The van der Waals surface area contributed by atoms with Gasteiger partial charge in [-0.15, -0.1) is 0 Å². The van der Waals surface area contributed by atoms with Crippen LogP contribution < -0.4 is 9.47 Å². The van der Waals surface area contributed by atoms with Gasteiger partial charge >= 0.3 is 0 Å². The van der Waals surface area contributed by atoms with E-state index in [2.05, 4.69) is 0 Å². The molecule has 0 saturated carbocycles. The number of Topliss-reactive ketones (excluding diaryl/α,β-unsaturated/α-hetero) is 1. The van der Waals surface area contributed by atoms with E-state index in [0.717, 1.165) is 0 Å². The Morgan fingerprint density at radius 2 is 1.95 bits per heavy atom. The monoisotopic (exact) mass is 268 g/mol. The van der Waals surface area contributed by atoms with Crippen molar-refractivity contribution in [3.8, 4) is 11.5 Å². The second kappa shape index (κ2) is 5.57. The van der Waals surface area contributed by atoms with E-state index < -0.39 is 5.82 Å². The first-order chi connectivity index (χ1) is 9.06. The standard InChI is InChI=1S/C14H17FO4/c1-8-4-9(7-19-8)14(16)10-5-12(17-2)13(18-3)6-11(10)15/h5-6,8-9H,4,7H2,1-3H3. The van der Waals surface area contributed by atoms with Crippen molar-refractivity contribution in [2.75, 3.05) is 20.8 Å². The number of carbonyl (C=O) groups is 1. The van der Waals surface area contributed by atoms with Gasteiger partial charge in [0, 0.05) is 12.0 Å². The Bertz CT molecular complexity index is 487. The van der Waals surface area contributed by atoms with Gasteiger partial charge in [-0.1, -0.05) is 0 Å². The Morgan fingerprint density at radius 1 is 1.32 bits per heavy atom. The molecule has 4 nitrogen and oxygen atoms in total. The van der Waals surface area contributed by atoms with Crippen LogP contribution in [-0.4, -0.2) is 32.7 Å². The molecule has 1 heterocycles. The zero-order valence-corrected chi connectivity index (χ0v) is 11.2. The van der Waals surface area contributed by atoms with Crippen LogP contribution in [0.5, 0.6) is 11.5 Å². The molecular weight excluding hydrogens is 251 g/mol. The molecular formula is C14H17FO4. The maximum Gasteiger partial charge on any atom is 0.171 e. The maximum atomic E-state index is 14.0. The molecule has 0 spiro atoms. The minimum Gasteiger partial charge on any atom is -0.493 e. The second-order valence-corrected chi connectivity index (χ2v) is 4.63. The van der Waals surface area contributed by atoms with Gasteiger partial charge in [0.15, 0.2) is 17.3 Å². The lowest BCUT2D eigenvalue weighted by Crippen LogP contribution is -2.16. The van der Waals surface area contributed by atoms with Gasteiger partial charge in [0.2, 0.25) is 0 Å².